The number of rotatable bonds is 3. The van der Waals surface area contributed by atoms with Crippen LogP contribution >= 0.6 is 0 Å². The first kappa shape index (κ1) is 11.2. The standard InChI is InChI=1S/C14H13N3/c1-3-4-7-14-12(2)10-17(16-14)11-13-6-5-8-15-9-13/h1,4-10H,11H2,2H3/b7-4-. The van der Waals surface area contributed by atoms with E-state index >= 15 is 0 Å². The van der Waals surface area contributed by atoms with Gasteiger partial charge in [-0.1, -0.05) is 12.0 Å². The third-order valence-electron chi connectivity index (χ3n) is 2.39. The van der Waals surface area contributed by atoms with Crippen LogP contribution < -0.4 is 0 Å². The molecule has 0 atom stereocenters. The molecule has 0 radical (unpaired) electrons. The highest BCUT2D eigenvalue weighted by Crippen LogP contribution is 2.09. The molecule has 17 heavy (non-hydrogen) atoms. The van der Waals surface area contributed by atoms with E-state index in [-0.39, 0.29) is 0 Å². The summed E-state index contributed by atoms with van der Waals surface area (Å²) in [6.45, 7) is 2.74. The van der Waals surface area contributed by atoms with Crippen molar-refractivity contribution < 1.29 is 0 Å². The second-order valence-electron chi connectivity index (χ2n) is 3.76. The van der Waals surface area contributed by atoms with E-state index in [1.54, 1.807) is 12.3 Å². The summed E-state index contributed by atoms with van der Waals surface area (Å²) < 4.78 is 1.89. The average molecular weight is 223 g/mol. The number of pyridine rings is 1. The van der Waals surface area contributed by atoms with Gasteiger partial charge in [0.05, 0.1) is 12.2 Å². The molecule has 0 aliphatic carbocycles. The van der Waals surface area contributed by atoms with E-state index in [2.05, 4.69) is 16.0 Å². The lowest BCUT2D eigenvalue weighted by atomic mass is 10.2. The van der Waals surface area contributed by atoms with Gasteiger partial charge in [0.15, 0.2) is 0 Å². The smallest absolute Gasteiger partial charge is 0.0886 e. The van der Waals surface area contributed by atoms with Gasteiger partial charge >= 0.3 is 0 Å². The number of allylic oxidation sites excluding steroid dienone is 1. The third kappa shape index (κ3) is 2.82. The van der Waals surface area contributed by atoms with Crippen LogP contribution in [-0.4, -0.2) is 14.8 Å². The van der Waals surface area contributed by atoms with Crippen LogP contribution in [0.2, 0.25) is 0 Å². The minimum atomic E-state index is 0.721. The molecule has 0 spiro atoms. The van der Waals surface area contributed by atoms with E-state index < -0.39 is 0 Å². The predicted octanol–water partition coefficient (Wildman–Crippen LogP) is 2.28. The van der Waals surface area contributed by atoms with Crippen LogP contribution in [0.25, 0.3) is 6.08 Å². The molecule has 0 aromatic carbocycles. The van der Waals surface area contributed by atoms with Crippen LogP contribution in [0.1, 0.15) is 16.8 Å². The zero-order chi connectivity index (χ0) is 12.1. The maximum absolute atomic E-state index is 5.18. The SMILES string of the molecule is C#C/C=C\c1nn(Cc2cccnc2)cc1C. The molecule has 0 aliphatic rings. The third-order valence-corrected chi connectivity index (χ3v) is 2.39. The van der Waals surface area contributed by atoms with Crippen molar-refractivity contribution in [3.8, 4) is 12.3 Å². The first-order valence-electron chi connectivity index (χ1n) is 5.35. The molecular formula is C14H13N3. The molecule has 0 amide bonds. The summed E-state index contributed by atoms with van der Waals surface area (Å²) in [5, 5.41) is 4.45. The summed E-state index contributed by atoms with van der Waals surface area (Å²) in [7, 11) is 0. The Kier molecular flexibility index (Phi) is 3.37. The van der Waals surface area contributed by atoms with Gasteiger partial charge in [-0.2, -0.15) is 5.10 Å². The van der Waals surface area contributed by atoms with Crippen molar-refractivity contribution in [1.82, 2.24) is 14.8 Å². The van der Waals surface area contributed by atoms with Crippen LogP contribution in [0.5, 0.6) is 0 Å². The Balaban J connectivity index is 2.19. The summed E-state index contributed by atoms with van der Waals surface area (Å²) in [5.74, 6) is 2.46. The zero-order valence-corrected chi connectivity index (χ0v) is 9.67. The topological polar surface area (TPSA) is 30.7 Å². The summed E-state index contributed by atoms with van der Waals surface area (Å²) in [5.41, 5.74) is 3.15. The lowest BCUT2D eigenvalue weighted by Gasteiger charge is -1.99. The lowest BCUT2D eigenvalue weighted by Crippen LogP contribution is -2.00. The number of hydrogen-bond donors (Lipinski definition) is 0. The maximum Gasteiger partial charge on any atom is 0.0886 e. The van der Waals surface area contributed by atoms with Gasteiger partial charge in [-0.15, -0.1) is 6.42 Å². The van der Waals surface area contributed by atoms with Gasteiger partial charge in [0, 0.05) is 18.6 Å². The van der Waals surface area contributed by atoms with Crippen molar-refractivity contribution in [2.24, 2.45) is 0 Å². The van der Waals surface area contributed by atoms with E-state index in [0.717, 1.165) is 23.4 Å². The van der Waals surface area contributed by atoms with Gasteiger partial charge < -0.3 is 0 Å². The predicted molar refractivity (Wildman–Crippen MR) is 68.2 cm³/mol. The number of aromatic nitrogens is 3. The molecule has 0 unspecified atom stereocenters. The van der Waals surface area contributed by atoms with Crippen molar-refractivity contribution in [2.75, 3.05) is 0 Å². The molecule has 2 aromatic rings. The second-order valence-corrected chi connectivity index (χ2v) is 3.76. The molecule has 3 heteroatoms. The second kappa shape index (κ2) is 5.13. The van der Waals surface area contributed by atoms with Crippen molar-refractivity contribution >= 4 is 6.08 Å². The van der Waals surface area contributed by atoms with Crippen molar-refractivity contribution in [1.29, 1.82) is 0 Å². The van der Waals surface area contributed by atoms with Crippen LogP contribution in [0, 0.1) is 19.3 Å². The van der Waals surface area contributed by atoms with Gasteiger partial charge in [0.1, 0.15) is 0 Å². The fourth-order valence-corrected chi connectivity index (χ4v) is 1.59. The van der Waals surface area contributed by atoms with Crippen LogP contribution in [0.3, 0.4) is 0 Å². The summed E-state index contributed by atoms with van der Waals surface area (Å²) in [6, 6.07) is 3.95. The maximum atomic E-state index is 5.18. The molecular weight excluding hydrogens is 210 g/mol. The molecule has 2 heterocycles. The molecule has 2 rings (SSSR count). The monoisotopic (exact) mass is 223 g/mol. The normalized spacial score (nSPS) is 10.6. The fourth-order valence-electron chi connectivity index (χ4n) is 1.59. The van der Waals surface area contributed by atoms with E-state index in [1.165, 1.54) is 0 Å². The summed E-state index contributed by atoms with van der Waals surface area (Å²) >= 11 is 0. The average Bonchev–Trinajstić information content (AvgIpc) is 2.68. The molecule has 0 saturated heterocycles. The molecule has 3 nitrogen and oxygen atoms in total. The van der Waals surface area contributed by atoms with Crippen LogP contribution in [0.4, 0.5) is 0 Å². The lowest BCUT2D eigenvalue weighted by molar-refractivity contribution is 0.682. The van der Waals surface area contributed by atoms with Gasteiger partial charge in [0.25, 0.3) is 0 Å². The number of hydrogen-bond acceptors (Lipinski definition) is 2. The highest BCUT2D eigenvalue weighted by Gasteiger charge is 2.02. The van der Waals surface area contributed by atoms with Gasteiger partial charge in [-0.05, 0) is 36.3 Å². The molecule has 0 N–H and O–H groups in total. The van der Waals surface area contributed by atoms with E-state index in [1.807, 2.05) is 42.2 Å². The highest BCUT2D eigenvalue weighted by molar-refractivity contribution is 5.51. The molecule has 0 bridgehead atoms. The Morgan fingerprint density at radius 1 is 1.53 bits per heavy atom. The number of terminal acetylenes is 1. The van der Waals surface area contributed by atoms with Crippen LogP contribution in [-0.2, 0) is 6.54 Å². The molecule has 0 fully saturated rings. The van der Waals surface area contributed by atoms with E-state index in [9.17, 15) is 0 Å². The Morgan fingerprint density at radius 2 is 2.41 bits per heavy atom. The highest BCUT2D eigenvalue weighted by atomic mass is 15.3. The molecule has 0 aliphatic heterocycles. The molecule has 0 saturated carbocycles. The first-order valence-corrected chi connectivity index (χ1v) is 5.35. The Bertz CT molecular complexity index is 559. The fraction of sp³-hybridized carbons (Fsp3) is 0.143. The summed E-state index contributed by atoms with van der Waals surface area (Å²) in [6.07, 6.45) is 14.3. The van der Waals surface area contributed by atoms with Crippen molar-refractivity contribution in [3.05, 3.63) is 53.6 Å². The Labute approximate surface area is 101 Å². The number of aryl methyl sites for hydroxylation is 1. The van der Waals surface area contributed by atoms with Crippen molar-refractivity contribution in [3.63, 3.8) is 0 Å². The minimum Gasteiger partial charge on any atom is -0.267 e. The first-order chi connectivity index (χ1) is 8.29. The zero-order valence-electron chi connectivity index (χ0n) is 9.67. The largest absolute Gasteiger partial charge is 0.267 e. The van der Waals surface area contributed by atoms with Crippen molar-refractivity contribution in [2.45, 2.75) is 13.5 Å². The quantitative estimate of drug-likeness (QED) is 0.747. The Hall–Kier alpha value is -2.34. The number of nitrogens with zero attached hydrogens (tertiary/aromatic N) is 3. The van der Waals surface area contributed by atoms with Gasteiger partial charge in [-0.25, -0.2) is 0 Å². The summed E-state index contributed by atoms with van der Waals surface area (Å²) in [4.78, 5) is 4.08. The molecule has 2 aromatic heterocycles. The minimum absolute atomic E-state index is 0.721. The Morgan fingerprint density at radius 3 is 3.12 bits per heavy atom. The van der Waals surface area contributed by atoms with Gasteiger partial charge in [0.2, 0.25) is 0 Å². The molecule has 84 valence electrons. The van der Waals surface area contributed by atoms with E-state index in [0.29, 0.717) is 0 Å². The van der Waals surface area contributed by atoms with Gasteiger partial charge in [-0.3, -0.25) is 9.67 Å². The van der Waals surface area contributed by atoms with E-state index in [4.69, 9.17) is 6.42 Å². The van der Waals surface area contributed by atoms with Crippen LogP contribution in [0.15, 0.2) is 36.8 Å².